The van der Waals surface area contributed by atoms with Crippen molar-refractivity contribution < 1.29 is 9.53 Å². The first kappa shape index (κ1) is 16.5. The SMILES string of the molecule is CC(C)(C)OC(=O)NC1CC1NCc1ccn(-c2ccccc2)n1. The van der Waals surface area contributed by atoms with Crippen molar-refractivity contribution >= 4 is 6.09 Å². The van der Waals surface area contributed by atoms with Gasteiger partial charge in [-0.3, -0.25) is 0 Å². The number of amides is 1. The van der Waals surface area contributed by atoms with Gasteiger partial charge in [0.15, 0.2) is 0 Å². The molecule has 0 aliphatic heterocycles. The number of para-hydroxylation sites is 1. The highest BCUT2D eigenvalue weighted by Crippen LogP contribution is 2.22. The van der Waals surface area contributed by atoms with Gasteiger partial charge in [0.1, 0.15) is 5.60 Å². The summed E-state index contributed by atoms with van der Waals surface area (Å²) in [6.07, 6.45) is 2.51. The van der Waals surface area contributed by atoms with Gasteiger partial charge in [-0.1, -0.05) is 18.2 Å². The lowest BCUT2D eigenvalue weighted by Crippen LogP contribution is -2.36. The zero-order valence-corrected chi connectivity index (χ0v) is 14.3. The summed E-state index contributed by atoms with van der Waals surface area (Å²) in [5, 5.41) is 10.8. The summed E-state index contributed by atoms with van der Waals surface area (Å²) in [6, 6.07) is 12.4. The fourth-order valence-electron chi connectivity index (χ4n) is 2.46. The predicted molar refractivity (Wildman–Crippen MR) is 92.0 cm³/mol. The highest BCUT2D eigenvalue weighted by atomic mass is 16.6. The Morgan fingerprint density at radius 2 is 2.00 bits per heavy atom. The molecule has 1 amide bonds. The molecule has 0 saturated heterocycles. The summed E-state index contributed by atoms with van der Waals surface area (Å²) in [4.78, 5) is 11.7. The van der Waals surface area contributed by atoms with Crippen molar-refractivity contribution in [2.75, 3.05) is 0 Å². The molecular formula is C18H24N4O2. The number of aromatic nitrogens is 2. The molecule has 24 heavy (non-hydrogen) atoms. The van der Waals surface area contributed by atoms with Gasteiger partial charge < -0.3 is 15.4 Å². The lowest BCUT2D eigenvalue weighted by molar-refractivity contribution is 0.0522. The number of hydrogen-bond donors (Lipinski definition) is 2. The zero-order chi connectivity index (χ0) is 17.2. The van der Waals surface area contributed by atoms with E-state index in [2.05, 4.69) is 15.7 Å². The van der Waals surface area contributed by atoms with E-state index in [1.807, 2.05) is 68.0 Å². The molecular weight excluding hydrogens is 304 g/mol. The van der Waals surface area contributed by atoms with E-state index in [1.165, 1.54) is 0 Å². The minimum absolute atomic E-state index is 0.135. The Bertz CT molecular complexity index is 691. The second kappa shape index (κ2) is 6.65. The van der Waals surface area contributed by atoms with E-state index in [0.717, 1.165) is 17.8 Å². The Kier molecular flexibility index (Phi) is 4.57. The maximum absolute atomic E-state index is 11.7. The monoisotopic (exact) mass is 328 g/mol. The molecule has 0 bridgehead atoms. The van der Waals surface area contributed by atoms with Crippen LogP contribution in [0, 0.1) is 0 Å². The van der Waals surface area contributed by atoms with Crippen LogP contribution in [-0.4, -0.2) is 33.6 Å². The third-order valence-electron chi connectivity index (χ3n) is 3.70. The second-order valence-corrected chi connectivity index (χ2v) is 7.06. The van der Waals surface area contributed by atoms with Crippen LogP contribution in [0.5, 0.6) is 0 Å². The summed E-state index contributed by atoms with van der Waals surface area (Å²) in [7, 11) is 0. The lowest BCUT2D eigenvalue weighted by Gasteiger charge is -2.19. The summed E-state index contributed by atoms with van der Waals surface area (Å²) >= 11 is 0. The zero-order valence-electron chi connectivity index (χ0n) is 14.3. The van der Waals surface area contributed by atoms with Crippen LogP contribution >= 0.6 is 0 Å². The van der Waals surface area contributed by atoms with Gasteiger partial charge in [-0.05, 0) is 45.4 Å². The maximum Gasteiger partial charge on any atom is 0.407 e. The van der Waals surface area contributed by atoms with Crippen LogP contribution in [-0.2, 0) is 11.3 Å². The fraction of sp³-hybridized carbons (Fsp3) is 0.444. The highest BCUT2D eigenvalue weighted by Gasteiger charge is 2.38. The topological polar surface area (TPSA) is 68.2 Å². The Morgan fingerprint density at radius 3 is 2.71 bits per heavy atom. The molecule has 3 rings (SSSR count). The minimum atomic E-state index is -0.466. The van der Waals surface area contributed by atoms with E-state index in [-0.39, 0.29) is 18.2 Å². The van der Waals surface area contributed by atoms with Gasteiger partial charge in [-0.15, -0.1) is 0 Å². The summed E-state index contributed by atoms with van der Waals surface area (Å²) in [5.74, 6) is 0. The first-order valence-corrected chi connectivity index (χ1v) is 8.23. The van der Waals surface area contributed by atoms with Crippen LogP contribution in [0.1, 0.15) is 32.9 Å². The summed E-state index contributed by atoms with van der Waals surface area (Å²) in [5.41, 5.74) is 1.55. The van der Waals surface area contributed by atoms with E-state index < -0.39 is 5.60 Å². The number of nitrogens with zero attached hydrogens (tertiary/aromatic N) is 2. The molecule has 1 aromatic carbocycles. The van der Waals surface area contributed by atoms with E-state index in [1.54, 1.807) is 0 Å². The number of carbonyl (C=O) groups excluding carboxylic acids is 1. The Balaban J connectivity index is 1.43. The van der Waals surface area contributed by atoms with Crippen molar-refractivity contribution in [1.29, 1.82) is 0 Å². The molecule has 0 radical (unpaired) electrons. The Hall–Kier alpha value is -2.34. The van der Waals surface area contributed by atoms with Crippen molar-refractivity contribution in [3.8, 4) is 5.69 Å². The smallest absolute Gasteiger partial charge is 0.407 e. The van der Waals surface area contributed by atoms with Gasteiger partial charge in [0, 0.05) is 24.8 Å². The van der Waals surface area contributed by atoms with Crippen LogP contribution in [0.25, 0.3) is 5.69 Å². The molecule has 1 aromatic heterocycles. The van der Waals surface area contributed by atoms with E-state index in [4.69, 9.17) is 4.74 Å². The maximum atomic E-state index is 11.7. The number of rotatable bonds is 5. The van der Waals surface area contributed by atoms with E-state index in [9.17, 15) is 4.79 Å². The molecule has 2 unspecified atom stereocenters. The quantitative estimate of drug-likeness (QED) is 0.885. The van der Waals surface area contributed by atoms with Crippen molar-refractivity contribution in [2.24, 2.45) is 0 Å². The molecule has 1 saturated carbocycles. The number of benzene rings is 1. The van der Waals surface area contributed by atoms with Crippen LogP contribution in [0.4, 0.5) is 4.79 Å². The van der Waals surface area contributed by atoms with Crippen molar-refractivity contribution in [3.63, 3.8) is 0 Å². The second-order valence-electron chi connectivity index (χ2n) is 7.06. The predicted octanol–water partition coefficient (Wildman–Crippen LogP) is 2.63. The van der Waals surface area contributed by atoms with E-state index in [0.29, 0.717) is 6.54 Å². The van der Waals surface area contributed by atoms with Crippen molar-refractivity contribution in [2.45, 2.75) is 51.4 Å². The van der Waals surface area contributed by atoms with Gasteiger partial charge in [0.05, 0.1) is 11.4 Å². The number of carbonyl (C=O) groups is 1. The highest BCUT2D eigenvalue weighted by molar-refractivity contribution is 5.68. The molecule has 128 valence electrons. The van der Waals surface area contributed by atoms with Crippen molar-refractivity contribution in [3.05, 3.63) is 48.3 Å². The van der Waals surface area contributed by atoms with Crippen LogP contribution < -0.4 is 10.6 Å². The largest absolute Gasteiger partial charge is 0.444 e. The van der Waals surface area contributed by atoms with Gasteiger partial charge in [0.25, 0.3) is 0 Å². The Morgan fingerprint density at radius 1 is 1.25 bits per heavy atom. The molecule has 6 nitrogen and oxygen atoms in total. The average molecular weight is 328 g/mol. The summed E-state index contributed by atoms with van der Waals surface area (Å²) in [6.45, 7) is 6.26. The standard InChI is InChI=1S/C18H24N4O2/c1-18(2,3)24-17(23)20-16-11-15(16)19-12-13-9-10-22(21-13)14-7-5-4-6-8-14/h4-10,15-16,19H,11-12H2,1-3H3,(H,20,23). The molecule has 2 N–H and O–H groups in total. The molecule has 2 aromatic rings. The average Bonchev–Trinajstić information content (AvgIpc) is 3.07. The number of hydrogen-bond acceptors (Lipinski definition) is 4. The fourth-order valence-corrected chi connectivity index (χ4v) is 2.46. The van der Waals surface area contributed by atoms with Crippen molar-refractivity contribution in [1.82, 2.24) is 20.4 Å². The molecule has 6 heteroatoms. The molecule has 2 atom stereocenters. The number of ether oxygens (including phenoxy) is 1. The minimum Gasteiger partial charge on any atom is -0.444 e. The molecule has 0 spiro atoms. The van der Waals surface area contributed by atoms with Gasteiger partial charge in [-0.2, -0.15) is 5.10 Å². The van der Waals surface area contributed by atoms with Gasteiger partial charge >= 0.3 is 6.09 Å². The van der Waals surface area contributed by atoms with Gasteiger partial charge in [0.2, 0.25) is 0 Å². The first-order valence-electron chi connectivity index (χ1n) is 8.23. The molecule has 1 fully saturated rings. The summed E-state index contributed by atoms with van der Waals surface area (Å²) < 4.78 is 7.12. The molecule has 1 aliphatic carbocycles. The van der Waals surface area contributed by atoms with Crippen LogP contribution in [0.15, 0.2) is 42.6 Å². The number of nitrogens with one attached hydrogen (secondary N) is 2. The molecule has 1 aliphatic rings. The number of alkyl carbamates (subject to hydrolysis) is 1. The Labute approximate surface area is 142 Å². The normalized spacial score (nSPS) is 19.8. The molecule has 1 heterocycles. The van der Waals surface area contributed by atoms with Gasteiger partial charge in [-0.25, -0.2) is 9.48 Å². The third-order valence-corrected chi connectivity index (χ3v) is 3.70. The first-order chi connectivity index (χ1) is 11.4. The van der Waals surface area contributed by atoms with Crippen LogP contribution in [0.3, 0.4) is 0 Å². The third kappa shape index (κ3) is 4.58. The van der Waals surface area contributed by atoms with Crippen LogP contribution in [0.2, 0.25) is 0 Å². The lowest BCUT2D eigenvalue weighted by atomic mass is 10.2. The van der Waals surface area contributed by atoms with E-state index >= 15 is 0 Å².